The SMILES string of the molecule is CCOC(=O)C1=C(C)N=c2sc(=Cc3cc(OC)c(OC)c(OC)c3)c(=O)n2C1c1ccc(Br)cc1. The zero-order valence-corrected chi connectivity index (χ0v) is 22.9. The minimum atomic E-state index is -0.671. The molecule has 0 amide bonds. The summed E-state index contributed by atoms with van der Waals surface area (Å²) < 4.78 is 24.5. The molecule has 0 spiro atoms. The van der Waals surface area contributed by atoms with Gasteiger partial charge in [0.25, 0.3) is 5.56 Å². The third-order valence-corrected chi connectivity index (χ3v) is 7.20. The van der Waals surface area contributed by atoms with Crippen LogP contribution in [-0.2, 0) is 9.53 Å². The lowest BCUT2D eigenvalue weighted by Gasteiger charge is -2.24. The Hall–Kier alpha value is -3.37. The van der Waals surface area contributed by atoms with Gasteiger partial charge in [0.1, 0.15) is 0 Å². The summed E-state index contributed by atoms with van der Waals surface area (Å²) in [6.45, 7) is 3.72. The van der Waals surface area contributed by atoms with E-state index in [1.165, 1.54) is 32.7 Å². The number of aromatic nitrogens is 1. The number of nitrogens with zero attached hydrogens (tertiary/aromatic N) is 2. The van der Waals surface area contributed by atoms with Gasteiger partial charge < -0.3 is 18.9 Å². The summed E-state index contributed by atoms with van der Waals surface area (Å²) in [5, 5.41) is 0. The monoisotopic (exact) mass is 572 g/mol. The first-order chi connectivity index (χ1) is 17.3. The molecule has 0 saturated heterocycles. The Morgan fingerprint density at radius 2 is 1.75 bits per heavy atom. The van der Waals surface area contributed by atoms with Gasteiger partial charge >= 0.3 is 5.97 Å². The number of hydrogen-bond donors (Lipinski definition) is 0. The molecule has 188 valence electrons. The summed E-state index contributed by atoms with van der Waals surface area (Å²) in [4.78, 5) is 31.8. The molecule has 8 nitrogen and oxygen atoms in total. The minimum absolute atomic E-state index is 0.216. The summed E-state index contributed by atoms with van der Waals surface area (Å²) >= 11 is 4.69. The van der Waals surface area contributed by atoms with E-state index in [0.717, 1.165) is 10.0 Å². The molecule has 1 aliphatic heterocycles. The van der Waals surface area contributed by atoms with Crippen LogP contribution in [0.4, 0.5) is 0 Å². The third kappa shape index (κ3) is 4.70. The molecule has 4 rings (SSSR count). The van der Waals surface area contributed by atoms with Crippen molar-refractivity contribution < 1.29 is 23.7 Å². The minimum Gasteiger partial charge on any atom is -0.493 e. The number of benzene rings is 2. The van der Waals surface area contributed by atoms with E-state index in [2.05, 4.69) is 20.9 Å². The maximum Gasteiger partial charge on any atom is 0.338 e. The molecule has 10 heteroatoms. The normalized spacial score (nSPS) is 15.3. The second-order valence-electron chi connectivity index (χ2n) is 7.81. The third-order valence-electron chi connectivity index (χ3n) is 5.69. The second kappa shape index (κ2) is 10.7. The number of allylic oxidation sites excluding steroid dienone is 1. The van der Waals surface area contributed by atoms with Gasteiger partial charge in [-0.25, -0.2) is 9.79 Å². The van der Waals surface area contributed by atoms with Crippen LogP contribution in [0, 0.1) is 0 Å². The summed E-state index contributed by atoms with van der Waals surface area (Å²) in [5.74, 6) is 0.919. The predicted octanol–water partition coefficient (Wildman–Crippen LogP) is 3.59. The van der Waals surface area contributed by atoms with Gasteiger partial charge in [-0.15, -0.1) is 0 Å². The highest BCUT2D eigenvalue weighted by molar-refractivity contribution is 9.10. The van der Waals surface area contributed by atoms with Crippen LogP contribution in [0.15, 0.2) is 61.9 Å². The van der Waals surface area contributed by atoms with E-state index in [1.807, 2.05) is 24.3 Å². The number of halogens is 1. The first kappa shape index (κ1) is 25.7. The maximum absolute atomic E-state index is 13.7. The molecule has 1 aromatic heterocycles. The second-order valence-corrected chi connectivity index (χ2v) is 9.74. The van der Waals surface area contributed by atoms with Gasteiger partial charge in [0, 0.05) is 4.47 Å². The first-order valence-electron chi connectivity index (χ1n) is 11.1. The lowest BCUT2D eigenvalue weighted by Crippen LogP contribution is -2.39. The molecule has 3 aromatic rings. The number of methoxy groups -OCH3 is 3. The van der Waals surface area contributed by atoms with Crippen molar-refractivity contribution >= 4 is 39.3 Å². The van der Waals surface area contributed by atoms with Gasteiger partial charge in [-0.2, -0.15) is 0 Å². The fourth-order valence-corrected chi connectivity index (χ4v) is 5.40. The Morgan fingerprint density at radius 3 is 2.31 bits per heavy atom. The average molecular weight is 573 g/mol. The smallest absolute Gasteiger partial charge is 0.338 e. The molecular formula is C26H25BrN2O6S. The number of rotatable bonds is 7. The average Bonchev–Trinajstić information content (AvgIpc) is 3.17. The molecule has 0 saturated carbocycles. The number of carbonyl (C=O) groups is 1. The highest BCUT2D eigenvalue weighted by Crippen LogP contribution is 2.38. The Balaban J connectivity index is 1.94. The molecular weight excluding hydrogens is 548 g/mol. The Morgan fingerprint density at radius 1 is 1.11 bits per heavy atom. The van der Waals surface area contributed by atoms with Crippen LogP contribution in [0.25, 0.3) is 6.08 Å². The Labute approximate surface area is 220 Å². The van der Waals surface area contributed by atoms with Crippen molar-refractivity contribution in [2.45, 2.75) is 19.9 Å². The van der Waals surface area contributed by atoms with Gasteiger partial charge in [0.05, 0.1) is 49.8 Å². The highest BCUT2D eigenvalue weighted by atomic mass is 79.9. The number of thiazole rings is 1. The Kier molecular flexibility index (Phi) is 7.65. The van der Waals surface area contributed by atoms with Crippen LogP contribution < -0.4 is 29.1 Å². The van der Waals surface area contributed by atoms with E-state index in [-0.39, 0.29) is 12.2 Å². The van der Waals surface area contributed by atoms with Crippen molar-refractivity contribution in [2.24, 2.45) is 4.99 Å². The van der Waals surface area contributed by atoms with Crippen LogP contribution in [0.5, 0.6) is 17.2 Å². The zero-order chi connectivity index (χ0) is 26.0. The standard InChI is InChI=1S/C26H25BrN2O6S/c1-6-35-25(31)21-14(2)28-26-29(22(21)16-7-9-17(27)10-8-16)24(30)20(36-26)13-15-11-18(32-3)23(34-5)19(12-15)33-4/h7-13,22H,6H2,1-5H3. The summed E-state index contributed by atoms with van der Waals surface area (Å²) in [5.41, 5.74) is 2.05. The van der Waals surface area contributed by atoms with Crippen molar-refractivity contribution in [1.29, 1.82) is 0 Å². The molecule has 0 bridgehead atoms. The molecule has 1 unspecified atom stereocenters. The summed E-state index contributed by atoms with van der Waals surface area (Å²) in [6.07, 6.45) is 1.75. The molecule has 0 fully saturated rings. The van der Waals surface area contributed by atoms with E-state index in [9.17, 15) is 9.59 Å². The largest absolute Gasteiger partial charge is 0.493 e. The van der Waals surface area contributed by atoms with Crippen molar-refractivity contribution in [1.82, 2.24) is 4.57 Å². The number of hydrogen-bond acceptors (Lipinski definition) is 8. The van der Waals surface area contributed by atoms with E-state index in [1.54, 1.807) is 36.6 Å². The van der Waals surface area contributed by atoms with Crippen LogP contribution in [0.3, 0.4) is 0 Å². The van der Waals surface area contributed by atoms with E-state index in [0.29, 0.717) is 43.4 Å². The Bertz CT molecular complexity index is 1500. The topological polar surface area (TPSA) is 88.4 Å². The highest BCUT2D eigenvalue weighted by Gasteiger charge is 2.33. The van der Waals surface area contributed by atoms with Gasteiger partial charge in [-0.3, -0.25) is 9.36 Å². The number of ether oxygens (including phenoxy) is 4. The van der Waals surface area contributed by atoms with Crippen LogP contribution >= 0.6 is 27.3 Å². The molecule has 2 aromatic carbocycles. The van der Waals surface area contributed by atoms with Crippen molar-refractivity contribution in [3.8, 4) is 17.2 Å². The van der Waals surface area contributed by atoms with E-state index in [4.69, 9.17) is 18.9 Å². The van der Waals surface area contributed by atoms with E-state index >= 15 is 0 Å². The van der Waals surface area contributed by atoms with Crippen molar-refractivity contribution in [3.63, 3.8) is 0 Å². The molecule has 36 heavy (non-hydrogen) atoms. The van der Waals surface area contributed by atoms with E-state index < -0.39 is 12.0 Å². The molecule has 0 N–H and O–H groups in total. The number of esters is 1. The maximum atomic E-state index is 13.7. The summed E-state index contributed by atoms with van der Waals surface area (Å²) in [7, 11) is 4.60. The van der Waals surface area contributed by atoms with Crippen LogP contribution in [0.1, 0.15) is 31.0 Å². The molecule has 1 atom stereocenters. The molecule has 0 aliphatic carbocycles. The fourth-order valence-electron chi connectivity index (χ4n) is 4.09. The lowest BCUT2D eigenvalue weighted by molar-refractivity contribution is -0.139. The van der Waals surface area contributed by atoms with Gasteiger partial charge in [-0.1, -0.05) is 39.4 Å². The van der Waals surface area contributed by atoms with Crippen LogP contribution in [0.2, 0.25) is 0 Å². The van der Waals surface area contributed by atoms with Crippen molar-refractivity contribution in [2.75, 3.05) is 27.9 Å². The molecule has 1 aliphatic rings. The lowest BCUT2D eigenvalue weighted by atomic mass is 9.96. The quantitative estimate of drug-likeness (QED) is 0.402. The van der Waals surface area contributed by atoms with Gasteiger partial charge in [0.2, 0.25) is 5.75 Å². The molecule has 0 radical (unpaired) electrons. The van der Waals surface area contributed by atoms with Gasteiger partial charge in [0.15, 0.2) is 16.3 Å². The van der Waals surface area contributed by atoms with Gasteiger partial charge in [-0.05, 0) is 55.3 Å². The van der Waals surface area contributed by atoms with Crippen molar-refractivity contribution in [3.05, 3.63) is 83.0 Å². The number of fused-ring (bicyclic) bond motifs is 1. The fraction of sp³-hybridized carbons (Fsp3) is 0.269. The summed E-state index contributed by atoms with van der Waals surface area (Å²) in [6, 6.07) is 10.4. The number of carbonyl (C=O) groups excluding carboxylic acids is 1. The van der Waals surface area contributed by atoms with Crippen LogP contribution in [-0.4, -0.2) is 38.5 Å². The predicted molar refractivity (Wildman–Crippen MR) is 141 cm³/mol. The first-order valence-corrected chi connectivity index (χ1v) is 12.7. The zero-order valence-electron chi connectivity index (χ0n) is 20.5. The molecule has 2 heterocycles.